The normalized spacial score (nSPS) is 25.1. The zero-order valence-corrected chi connectivity index (χ0v) is 10.3. The standard InChI is InChI=1S/C13H21N3O/c1-2-11(9-14-7-1)5-6-13-15-12(16-17-13)8-10-3-4-10/h10-11,14H,1-9H2. The van der Waals surface area contributed by atoms with Crippen molar-refractivity contribution in [2.24, 2.45) is 11.8 Å². The van der Waals surface area contributed by atoms with E-state index in [1.165, 1.54) is 38.6 Å². The molecule has 1 aliphatic carbocycles. The number of rotatable bonds is 5. The van der Waals surface area contributed by atoms with E-state index in [1.807, 2.05) is 0 Å². The van der Waals surface area contributed by atoms with Gasteiger partial charge in [0.2, 0.25) is 5.89 Å². The van der Waals surface area contributed by atoms with E-state index in [2.05, 4.69) is 15.5 Å². The second-order valence-corrected chi connectivity index (χ2v) is 5.50. The van der Waals surface area contributed by atoms with Gasteiger partial charge in [-0.25, -0.2) is 0 Å². The Balaban J connectivity index is 1.45. The molecular formula is C13H21N3O. The van der Waals surface area contributed by atoms with Gasteiger partial charge in [0.15, 0.2) is 5.82 Å². The second kappa shape index (κ2) is 5.17. The molecule has 4 nitrogen and oxygen atoms in total. The molecule has 17 heavy (non-hydrogen) atoms. The molecule has 0 radical (unpaired) electrons. The Morgan fingerprint density at radius 3 is 2.94 bits per heavy atom. The quantitative estimate of drug-likeness (QED) is 0.847. The molecule has 2 heterocycles. The fraction of sp³-hybridized carbons (Fsp3) is 0.846. The monoisotopic (exact) mass is 235 g/mol. The summed E-state index contributed by atoms with van der Waals surface area (Å²) in [6, 6.07) is 0. The molecule has 4 heteroatoms. The SMILES string of the molecule is C1CNCC(CCc2nc(CC3CC3)no2)C1. The maximum absolute atomic E-state index is 5.30. The van der Waals surface area contributed by atoms with Crippen LogP contribution in [-0.2, 0) is 12.8 Å². The van der Waals surface area contributed by atoms with Crippen LogP contribution in [0.15, 0.2) is 4.52 Å². The first-order valence-corrected chi connectivity index (χ1v) is 6.92. The van der Waals surface area contributed by atoms with Crippen molar-refractivity contribution in [1.82, 2.24) is 15.5 Å². The van der Waals surface area contributed by atoms with Crippen LogP contribution in [0.2, 0.25) is 0 Å². The minimum atomic E-state index is 0.794. The number of piperidine rings is 1. The Morgan fingerprint density at radius 1 is 1.24 bits per heavy atom. The van der Waals surface area contributed by atoms with Crippen molar-refractivity contribution in [3.63, 3.8) is 0 Å². The van der Waals surface area contributed by atoms with Gasteiger partial charge >= 0.3 is 0 Å². The van der Waals surface area contributed by atoms with Crippen molar-refractivity contribution in [3.05, 3.63) is 11.7 Å². The number of aromatic nitrogens is 2. The lowest BCUT2D eigenvalue weighted by molar-refractivity contribution is 0.325. The number of hydrogen-bond donors (Lipinski definition) is 1. The maximum atomic E-state index is 5.30. The van der Waals surface area contributed by atoms with Crippen LogP contribution in [0.25, 0.3) is 0 Å². The zero-order valence-electron chi connectivity index (χ0n) is 10.3. The molecule has 0 bridgehead atoms. The third-order valence-corrected chi connectivity index (χ3v) is 3.84. The lowest BCUT2D eigenvalue weighted by Gasteiger charge is -2.21. The minimum absolute atomic E-state index is 0.794. The van der Waals surface area contributed by atoms with E-state index >= 15 is 0 Å². The van der Waals surface area contributed by atoms with Gasteiger partial charge in [0.05, 0.1) is 0 Å². The van der Waals surface area contributed by atoms with E-state index in [-0.39, 0.29) is 0 Å². The predicted molar refractivity (Wildman–Crippen MR) is 64.6 cm³/mol. The van der Waals surface area contributed by atoms with Crippen LogP contribution in [0.3, 0.4) is 0 Å². The van der Waals surface area contributed by atoms with Gasteiger partial charge in [0, 0.05) is 12.8 Å². The summed E-state index contributed by atoms with van der Waals surface area (Å²) in [4.78, 5) is 4.48. The topological polar surface area (TPSA) is 51.0 Å². The highest BCUT2D eigenvalue weighted by atomic mass is 16.5. The molecule has 1 atom stereocenters. The molecule has 1 saturated carbocycles. The molecule has 2 fully saturated rings. The Hall–Kier alpha value is -0.900. The molecule has 1 aromatic rings. The van der Waals surface area contributed by atoms with E-state index < -0.39 is 0 Å². The van der Waals surface area contributed by atoms with Crippen molar-refractivity contribution < 1.29 is 4.52 Å². The van der Waals surface area contributed by atoms with Gasteiger partial charge < -0.3 is 9.84 Å². The van der Waals surface area contributed by atoms with Crippen molar-refractivity contribution in [3.8, 4) is 0 Å². The highest BCUT2D eigenvalue weighted by Gasteiger charge is 2.24. The highest BCUT2D eigenvalue weighted by molar-refractivity contribution is 4.92. The molecule has 1 aliphatic heterocycles. The molecule has 94 valence electrons. The third-order valence-electron chi connectivity index (χ3n) is 3.84. The van der Waals surface area contributed by atoms with Crippen LogP contribution in [0.1, 0.15) is 43.8 Å². The summed E-state index contributed by atoms with van der Waals surface area (Å²) in [5, 5.41) is 7.50. The molecule has 1 saturated heterocycles. The number of nitrogens with zero attached hydrogens (tertiary/aromatic N) is 2. The smallest absolute Gasteiger partial charge is 0.226 e. The molecule has 0 amide bonds. The van der Waals surface area contributed by atoms with Crippen LogP contribution < -0.4 is 5.32 Å². The molecular weight excluding hydrogens is 214 g/mol. The van der Waals surface area contributed by atoms with Gasteiger partial charge in [-0.15, -0.1) is 0 Å². The lowest BCUT2D eigenvalue weighted by atomic mass is 9.95. The van der Waals surface area contributed by atoms with Crippen molar-refractivity contribution in [2.45, 2.75) is 44.9 Å². The van der Waals surface area contributed by atoms with E-state index in [4.69, 9.17) is 4.52 Å². The van der Waals surface area contributed by atoms with Crippen molar-refractivity contribution in [1.29, 1.82) is 0 Å². The fourth-order valence-corrected chi connectivity index (χ4v) is 2.55. The highest BCUT2D eigenvalue weighted by Crippen LogP contribution is 2.31. The summed E-state index contributed by atoms with van der Waals surface area (Å²) >= 11 is 0. The lowest BCUT2D eigenvalue weighted by Crippen LogP contribution is -2.29. The van der Waals surface area contributed by atoms with Gasteiger partial charge in [-0.05, 0) is 57.0 Å². The average molecular weight is 235 g/mol. The number of nitrogens with one attached hydrogen (secondary N) is 1. The Labute approximate surface area is 102 Å². The zero-order chi connectivity index (χ0) is 11.5. The van der Waals surface area contributed by atoms with E-state index in [0.717, 1.165) is 42.9 Å². The number of aryl methyl sites for hydroxylation is 1. The summed E-state index contributed by atoms with van der Waals surface area (Å²) in [6.07, 6.45) is 8.49. The van der Waals surface area contributed by atoms with Gasteiger partial charge in [-0.1, -0.05) is 5.16 Å². The summed E-state index contributed by atoms with van der Waals surface area (Å²) in [5.41, 5.74) is 0. The van der Waals surface area contributed by atoms with Crippen LogP contribution in [0.5, 0.6) is 0 Å². The molecule has 0 spiro atoms. The van der Waals surface area contributed by atoms with Crippen LogP contribution in [0.4, 0.5) is 0 Å². The summed E-state index contributed by atoms with van der Waals surface area (Å²) in [7, 11) is 0. The van der Waals surface area contributed by atoms with Gasteiger partial charge in [-0.3, -0.25) is 0 Å². The Morgan fingerprint density at radius 2 is 2.18 bits per heavy atom. The van der Waals surface area contributed by atoms with Crippen LogP contribution in [-0.4, -0.2) is 23.2 Å². The van der Waals surface area contributed by atoms with Crippen molar-refractivity contribution >= 4 is 0 Å². The molecule has 1 aromatic heterocycles. The summed E-state index contributed by atoms with van der Waals surface area (Å²) in [5.74, 6) is 3.39. The third kappa shape index (κ3) is 3.28. The second-order valence-electron chi connectivity index (χ2n) is 5.50. The van der Waals surface area contributed by atoms with Crippen LogP contribution in [0, 0.1) is 11.8 Å². The summed E-state index contributed by atoms with van der Waals surface area (Å²) in [6.45, 7) is 2.34. The van der Waals surface area contributed by atoms with E-state index in [1.54, 1.807) is 0 Å². The number of hydrogen-bond acceptors (Lipinski definition) is 4. The molecule has 2 aliphatic rings. The maximum Gasteiger partial charge on any atom is 0.226 e. The molecule has 0 aromatic carbocycles. The van der Waals surface area contributed by atoms with Crippen LogP contribution >= 0.6 is 0 Å². The Bertz CT molecular complexity index is 353. The first-order chi connectivity index (χ1) is 8.40. The fourth-order valence-electron chi connectivity index (χ4n) is 2.55. The van der Waals surface area contributed by atoms with Gasteiger partial charge in [0.25, 0.3) is 0 Å². The largest absolute Gasteiger partial charge is 0.339 e. The average Bonchev–Trinajstić information content (AvgIpc) is 3.06. The van der Waals surface area contributed by atoms with E-state index in [0.29, 0.717) is 0 Å². The molecule has 1 N–H and O–H groups in total. The first kappa shape index (κ1) is 11.2. The minimum Gasteiger partial charge on any atom is -0.339 e. The summed E-state index contributed by atoms with van der Waals surface area (Å²) < 4.78 is 5.30. The van der Waals surface area contributed by atoms with Crippen molar-refractivity contribution in [2.75, 3.05) is 13.1 Å². The van der Waals surface area contributed by atoms with E-state index in [9.17, 15) is 0 Å². The molecule has 3 rings (SSSR count). The first-order valence-electron chi connectivity index (χ1n) is 6.92. The molecule has 1 unspecified atom stereocenters. The van der Waals surface area contributed by atoms with Gasteiger partial charge in [0.1, 0.15) is 0 Å². The van der Waals surface area contributed by atoms with Gasteiger partial charge in [-0.2, -0.15) is 4.98 Å². The Kier molecular flexibility index (Phi) is 3.41. The predicted octanol–water partition coefficient (Wildman–Crippen LogP) is 1.95.